The molecule has 112 valence electrons. The van der Waals surface area contributed by atoms with Crippen LogP contribution in [0.1, 0.15) is 15.9 Å². The molecule has 2 rings (SSSR count). The number of aromatic nitrogens is 2. The van der Waals surface area contributed by atoms with E-state index in [1.807, 2.05) is 0 Å². The molecule has 0 aliphatic rings. The Hall–Kier alpha value is -2.58. The summed E-state index contributed by atoms with van der Waals surface area (Å²) in [6.45, 7) is 0. The third kappa shape index (κ3) is 2.96. The number of nitrogens with one attached hydrogen (secondary N) is 1. The van der Waals surface area contributed by atoms with Gasteiger partial charge in [-0.05, 0) is 18.2 Å². The lowest BCUT2D eigenvalue weighted by Gasteiger charge is -2.10. The highest BCUT2D eigenvalue weighted by Gasteiger charge is 2.34. The standard InChI is InChI=1S/C12H10F4N4O/c1-20-10(17)7(5-18-20)11(21)19-6-2-3-9(13)8(4-6)12(14,15)16/h2-5H,17H2,1H3,(H,19,21). The molecule has 0 saturated heterocycles. The van der Waals surface area contributed by atoms with Gasteiger partial charge in [-0.15, -0.1) is 0 Å². The smallest absolute Gasteiger partial charge is 0.383 e. The maximum absolute atomic E-state index is 13.1. The molecule has 9 heteroatoms. The molecule has 1 aromatic heterocycles. The van der Waals surface area contributed by atoms with Gasteiger partial charge in [0, 0.05) is 12.7 Å². The van der Waals surface area contributed by atoms with Crippen LogP contribution in [-0.4, -0.2) is 15.7 Å². The van der Waals surface area contributed by atoms with Gasteiger partial charge in [0.15, 0.2) is 0 Å². The third-order valence-electron chi connectivity index (χ3n) is 2.76. The fourth-order valence-corrected chi connectivity index (χ4v) is 1.64. The number of halogens is 4. The summed E-state index contributed by atoms with van der Waals surface area (Å²) >= 11 is 0. The van der Waals surface area contributed by atoms with E-state index in [0.717, 1.165) is 6.07 Å². The average Bonchev–Trinajstić information content (AvgIpc) is 2.71. The fraction of sp³-hybridized carbons (Fsp3) is 0.167. The van der Waals surface area contributed by atoms with E-state index in [9.17, 15) is 22.4 Å². The SMILES string of the molecule is Cn1ncc(C(=O)Nc2ccc(F)c(C(F)(F)F)c2)c1N. The number of anilines is 2. The topological polar surface area (TPSA) is 72.9 Å². The van der Waals surface area contributed by atoms with Crippen molar-refractivity contribution in [3.05, 3.63) is 41.3 Å². The Balaban J connectivity index is 2.28. The van der Waals surface area contributed by atoms with Gasteiger partial charge in [-0.3, -0.25) is 9.48 Å². The highest BCUT2D eigenvalue weighted by molar-refractivity contribution is 6.07. The van der Waals surface area contributed by atoms with Crippen molar-refractivity contribution >= 4 is 17.4 Å². The number of carbonyl (C=O) groups is 1. The van der Waals surface area contributed by atoms with E-state index in [4.69, 9.17) is 5.73 Å². The number of nitrogen functional groups attached to an aromatic ring is 1. The van der Waals surface area contributed by atoms with E-state index in [-0.39, 0.29) is 17.1 Å². The summed E-state index contributed by atoms with van der Waals surface area (Å²) in [7, 11) is 1.51. The van der Waals surface area contributed by atoms with Gasteiger partial charge >= 0.3 is 6.18 Å². The first-order chi connectivity index (χ1) is 9.70. The molecule has 0 atom stereocenters. The van der Waals surface area contributed by atoms with Crippen LogP contribution >= 0.6 is 0 Å². The number of nitrogens with zero attached hydrogens (tertiary/aromatic N) is 2. The Kier molecular flexibility index (Phi) is 3.58. The first-order valence-corrected chi connectivity index (χ1v) is 5.65. The molecule has 5 nitrogen and oxygen atoms in total. The van der Waals surface area contributed by atoms with Crippen molar-refractivity contribution in [2.75, 3.05) is 11.1 Å². The Labute approximate surface area is 116 Å². The van der Waals surface area contributed by atoms with Gasteiger partial charge < -0.3 is 11.1 Å². The van der Waals surface area contributed by atoms with Gasteiger partial charge in [-0.1, -0.05) is 0 Å². The number of hydrogen-bond donors (Lipinski definition) is 2. The summed E-state index contributed by atoms with van der Waals surface area (Å²) < 4.78 is 52.1. The average molecular weight is 302 g/mol. The van der Waals surface area contributed by atoms with Crippen molar-refractivity contribution < 1.29 is 22.4 Å². The molecule has 0 bridgehead atoms. The lowest BCUT2D eigenvalue weighted by molar-refractivity contribution is -0.139. The second-order valence-corrected chi connectivity index (χ2v) is 4.21. The van der Waals surface area contributed by atoms with Crippen LogP contribution in [0.25, 0.3) is 0 Å². The van der Waals surface area contributed by atoms with Crippen molar-refractivity contribution in [3.8, 4) is 0 Å². The normalized spacial score (nSPS) is 11.5. The number of hydrogen-bond acceptors (Lipinski definition) is 3. The minimum atomic E-state index is -4.85. The molecule has 21 heavy (non-hydrogen) atoms. The highest BCUT2D eigenvalue weighted by atomic mass is 19.4. The van der Waals surface area contributed by atoms with Crippen molar-refractivity contribution in [3.63, 3.8) is 0 Å². The van der Waals surface area contributed by atoms with Gasteiger partial charge in [0.25, 0.3) is 5.91 Å². The lowest BCUT2D eigenvalue weighted by atomic mass is 10.1. The molecule has 0 aliphatic heterocycles. The zero-order valence-electron chi connectivity index (χ0n) is 10.7. The molecular formula is C12H10F4N4O. The van der Waals surface area contributed by atoms with Crippen molar-refractivity contribution in [1.29, 1.82) is 0 Å². The van der Waals surface area contributed by atoms with Crippen LogP contribution in [0.4, 0.5) is 29.1 Å². The summed E-state index contributed by atoms with van der Waals surface area (Å²) in [5.74, 6) is -2.09. The molecule has 0 unspecified atom stereocenters. The van der Waals surface area contributed by atoms with Crippen LogP contribution in [0.2, 0.25) is 0 Å². The third-order valence-corrected chi connectivity index (χ3v) is 2.76. The zero-order chi connectivity index (χ0) is 15.8. The highest BCUT2D eigenvalue weighted by Crippen LogP contribution is 2.33. The maximum Gasteiger partial charge on any atom is 0.419 e. The summed E-state index contributed by atoms with van der Waals surface area (Å²) in [5.41, 5.74) is 3.93. The van der Waals surface area contributed by atoms with Crippen molar-refractivity contribution in [1.82, 2.24) is 9.78 Å². The van der Waals surface area contributed by atoms with Crippen molar-refractivity contribution in [2.24, 2.45) is 7.05 Å². The first-order valence-electron chi connectivity index (χ1n) is 5.65. The molecule has 1 amide bonds. The Bertz CT molecular complexity index is 693. The molecular weight excluding hydrogens is 292 g/mol. The van der Waals surface area contributed by atoms with Crippen LogP contribution in [-0.2, 0) is 13.2 Å². The van der Waals surface area contributed by atoms with Crippen LogP contribution in [0.15, 0.2) is 24.4 Å². The Morgan fingerprint density at radius 2 is 2.05 bits per heavy atom. The molecule has 0 radical (unpaired) electrons. The van der Waals surface area contributed by atoms with Gasteiger partial charge in [-0.2, -0.15) is 18.3 Å². The number of amides is 1. The monoisotopic (exact) mass is 302 g/mol. The molecule has 1 aromatic carbocycles. The second kappa shape index (κ2) is 5.08. The van der Waals surface area contributed by atoms with Crippen LogP contribution < -0.4 is 11.1 Å². The van der Waals surface area contributed by atoms with Gasteiger partial charge in [-0.25, -0.2) is 4.39 Å². The van der Waals surface area contributed by atoms with Crippen molar-refractivity contribution in [2.45, 2.75) is 6.18 Å². The molecule has 0 saturated carbocycles. The van der Waals surface area contributed by atoms with Gasteiger partial charge in [0.05, 0.1) is 11.8 Å². The number of nitrogens with two attached hydrogens (primary N) is 1. The fourth-order valence-electron chi connectivity index (χ4n) is 1.64. The zero-order valence-corrected chi connectivity index (χ0v) is 10.7. The lowest BCUT2D eigenvalue weighted by Crippen LogP contribution is -2.15. The molecule has 0 fully saturated rings. The van der Waals surface area contributed by atoms with E-state index in [2.05, 4.69) is 10.4 Å². The first kappa shape index (κ1) is 14.8. The molecule has 1 heterocycles. The predicted molar refractivity (Wildman–Crippen MR) is 67.0 cm³/mol. The van der Waals surface area contributed by atoms with Gasteiger partial charge in [0.2, 0.25) is 0 Å². The number of aryl methyl sites for hydroxylation is 1. The Morgan fingerprint density at radius 1 is 1.38 bits per heavy atom. The van der Waals surface area contributed by atoms with Crippen LogP contribution in [0, 0.1) is 5.82 Å². The van der Waals surface area contributed by atoms with E-state index < -0.39 is 23.5 Å². The Morgan fingerprint density at radius 3 is 2.57 bits per heavy atom. The van der Waals surface area contributed by atoms with Gasteiger partial charge in [0.1, 0.15) is 17.2 Å². The van der Waals surface area contributed by atoms with E-state index in [0.29, 0.717) is 12.1 Å². The van der Waals surface area contributed by atoms with Crippen LogP contribution in [0.5, 0.6) is 0 Å². The van der Waals surface area contributed by atoms with E-state index in [1.54, 1.807) is 0 Å². The molecule has 0 aliphatic carbocycles. The largest absolute Gasteiger partial charge is 0.419 e. The van der Waals surface area contributed by atoms with Crippen LogP contribution in [0.3, 0.4) is 0 Å². The van der Waals surface area contributed by atoms with E-state index >= 15 is 0 Å². The van der Waals surface area contributed by atoms with E-state index in [1.165, 1.54) is 17.9 Å². The molecule has 3 N–H and O–H groups in total. The predicted octanol–water partition coefficient (Wildman–Crippen LogP) is 2.41. The minimum Gasteiger partial charge on any atom is -0.383 e. The number of rotatable bonds is 2. The number of carbonyl (C=O) groups excluding carboxylic acids is 1. The summed E-state index contributed by atoms with van der Waals surface area (Å²) in [6, 6.07) is 2.17. The second-order valence-electron chi connectivity index (χ2n) is 4.21. The summed E-state index contributed by atoms with van der Waals surface area (Å²) in [5, 5.41) is 5.95. The molecule has 2 aromatic rings. The maximum atomic E-state index is 13.1. The number of benzene rings is 1. The molecule has 0 spiro atoms. The summed E-state index contributed by atoms with van der Waals surface area (Å²) in [6.07, 6.45) is -3.67. The summed E-state index contributed by atoms with van der Waals surface area (Å²) in [4.78, 5) is 11.9. The minimum absolute atomic E-state index is 0.00961. The quantitative estimate of drug-likeness (QED) is 0.837. The number of alkyl halides is 3.